The molecule has 1 rings (SSSR count). The number of aryl methyl sites for hydroxylation is 1. The highest BCUT2D eigenvalue weighted by Crippen LogP contribution is 2.06. The van der Waals surface area contributed by atoms with Crippen molar-refractivity contribution in [3.63, 3.8) is 0 Å². The van der Waals surface area contributed by atoms with Gasteiger partial charge in [0.2, 0.25) is 0 Å². The van der Waals surface area contributed by atoms with Crippen molar-refractivity contribution in [2.45, 2.75) is 6.92 Å². The van der Waals surface area contributed by atoms with Crippen LogP contribution in [-0.2, 0) is 0 Å². The van der Waals surface area contributed by atoms with Crippen LogP contribution >= 0.6 is 12.6 Å². The van der Waals surface area contributed by atoms with Gasteiger partial charge in [0, 0.05) is 5.75 Å². The van der Waals surface area contributed by atoms with Gasteiger partial charge >= 0.3 is 0 Å². The minimum Gasteiger partial charge on any atom is -0.170 e. The Kier molecular flexibility index (Phi) is 2.17. The predicted molar refractivity (Wildman–Crippen MR) is 43.6 cm³/mol. The van der Waals surface area contributed by atoms with E-state index >= 15 is 0 Å². The lowest BCUT2D eigenvalue weighted by Gasteiger charge is -1.93. The van der Waals surface area contributed by atoms with Crippen molar-refractivity contribution in [1.82, 2.24) is 0 Å². The van der Waals surface area contributed by atoms with Crippen LogP contribution < -0.4 is 0 Å². The highest BCUT2D eigenvalue weighted by Gasteiger charge is 1.85. The SMILES string of the molecule is Cc1ccc([CH]S)cc1. The Labute approximate surface area is 61.3 Å². The van der Waals surface area contributed by atoms with Gasteiger partial charge in [0.15, 0.2) is 0 Å². The first-order chi connectivity index (χ1) is 4.33. The molecule has 1 aromatic rings. The number of hydrogen-bond donors (Lipinski definition) is 1. The molecule has 1 heteroatoms. The average molecular weight is 137 g/mol. The van der Waals surface area contributed by atoms with Crippen molar-refractivity contribution >= 4 is 12.6 Å². The summed E-state index contributed by atoms with van der Waals surface area (Å²) in [4.78, 5) is 0. The summed E-state index contributed by atoms with van der Waals surface area (Å²) in [5.74, 6) is 1.79. The first kappa shape index (κ1) is 6.69. The molecule has 0 atom stereocenters. The van der Waals surface area contributed by atoms with Crippen molar-refractivity contribution in [3.05, 3.63) is 41.1 Å². The fraction of sp³-hybridized carbons (Fsp3) is 0.125. The zero-order valence-electron chi connectivity index (χ0n) is 5.33. The van der Waals surface area contributed by atoms with Gasteiger partial charge in [0.1, 0.15) is 0 Å². The lowest BCUT2D eigenvalue weighted by molar-refractivity contribution is 1.45. The predicted octanol–water partition coefficient (Wildman–Crippen LogP) is 2.43. The van der Waals surface area contributed by atoms with Crippen LogP contribution in [0, 0.1) is 12.7 Å². The molecule has 0 spiro atoms. The maximum absolute atomic E-state index is 4.02. The zero-order valence-corrected chi connectivity index (χ0v) is 6.23. The summed E-state index contributed by atoms with van der Waals surface area (Å²) < 4.78 is 0. The van der Waals surface area contributed by atoms with Gasteiger partial charge in [-0.1, -0.05) is 29.8 Å². The molecule has 9 heavy (non-hydrogen) atoms. The topological polar surface area (TPSA) is 0 Å². The van der Waals surface area contributed by atoms with E-state index in [1.165, 1.54) is 5.56 Å². The lowest BCUT2D eigenvalue weighted by Crippen LogP contribution is -1.74. The Bertz CT molecular complexity index is 176. The van der Waals surface area contributed by atoms with E-state index in [-0.39, 0.29) is 0 Å². The number of rotatable bonds is 1. The normalized spacial score (nSPS) is 9.56. The maximum atomic E-state index is 4.02. The van der Waals surface area contributed by atoms with Crippen molar-refractivity contribution < 1.29 is 0 Å². The molecule has 0 heterocycles. The Morgan fingerprint density at radius 3 is 2.22 bits per heavy atom. The van der Waals surface area contributed by atoms with E-state index in [0.717, 1.165) is 5.56 Å². The van der Waals surface area contributed by atoms with Gasteiger partial charge in [-0.05, 0) is 12.5 Å². The third-order valence-corrected chi connectivity index (χ3v) is 1.52. The Balaban J connectivity index is 2.88. The second-order valence-corrected chi connectivity index (χ2v) is 2.30. The van der Waals surface area contributed by atoms with Gasteiger partial charge in [-0.25, -0.2) is 0 Å². The van der Waals surface area contributed by atoms with E-state index in [2.05, 4.69) is 31.7 Å². The van der Waals surface area contributed by atoms with Crippen LogP contribution in [0.15, 0.2) is 24.3 Å². The summed E-state index contributed by atoms with van der Waals surface area (Å²) in [5, 5.41) is 0. The summed E-state index contributed by atoms with van der Waals surface area (Å²) in [5.41, 5.74) is 2.44. The van der Waals surface area contributed by atoms with Crippen LogP contribution in [0.4, 0.5) is 0 Å². The van der Waals surface area contributed by atoms with Gasteiger partial charge in [-0.3, -0.25) is 0 Å². The van der Waals surface area contributed by atoms with Crippen molar-refractivity contribution in [3.8, 4) is 0 Å². The fourth-order valence-corrected chi connectivity index (χ4v) is 0.825. The van der Waals surface area contributed by atoms with Gasteiger partial charge in [-0.2, -0.15) is 12.6 Å². The molecule has 0 N–H and O–H groups in total. The molecule has 0 aliphatic carbocycles. The second kappa shape index (κ2) is 2.92. The molecule has 0 saturated carbocycles. The summed E-state index contributed by atoms with van der Waals surface area (Å²) in [6.07, 6.45) is 0. The van der Waals surface area contributed by atoms with Gasteiger partial charge in [-0.15, -0.1) is 0 Å². The molecular weight excluding hydrogens is 128 g/mol. The molecule has 1 radical (unpaired) electrons. The molecule has 0 fully saturated rings. The highest BCUT2D eigenvalue weighted by atomic mass is 32.1. The van der Waals surface area contributed by atoms with Crippen LogP contribution in [0.3, 0.4) is 0 Å². The minimum absolute atomic E-state index is 1.16. The van der Waals surface area contributed by atoms with E-state index in [4.69, 9.17) is 0 Å². The van der Waals surface area contributed by atoms with E-state index < -0.39 is 0 Å². The highest BCUT2D eigenvalue weighted by molar-refractivity contribution is 7.82. The second-order valence-electron chi connectivity index (χ2n) is 2.04. The van der Waals surface area contributed by atoms with E-state index in [1.807, 2.05) is 12.1 Å². The van der Waals surface area contributed by atoms with Gasteiger partial charge < -0.3 is 0 Å². The van der Waals surface area contributed by atoms with Crippen LogP contribution in [0.5, 0.6) is 0 Å². The largest absolute Gasteiger partial charge is 0.170 e. The van der Waals surface area contributed by atoms with Crippen molar-refractivity contribution in [2.24, 2.45) is 0 Å². The molecule has 0 amide bonds. The molecule has 0 aliphatic heterocycles. The van der Waals surface area contributed by atoms with Crippen LogP contribution in [-0.4, -0.2) is 0 Å². The summed E-state index contributed by atoms with van der Waals surface area (Å²) in [7, 11) is 0. The van der Waals surface area contributed by atoms with Gasteiger partial charge in [0.05, 0.1) is 0 Å². The molecule has 0 bridgehead atoms. The summed E-state index contributed by atoms with van der Waals surface area (Å²) in [6, 6.07) is 8.23. The number of thiol groups is 1. The molecule has 47 valence electrons. The third-order valence-electron chi connectivity index (χ3n) is 1.23. The Hall–Kier alpha value is -0.430. The monoisotopic (exact) mass is 137 g/mol. The van der Waals surface area contributed by atoms with Crippen LogP contribution in [0.25, 0.3) is 0 Å². The van der Waals surface area contributed by atoms with Crippen molar-refractivity contribution in [2.75, 3.05) is 0 Å². The molecule has 0 nitrogen and oxygen atoms in total. The molecule has 1 aromatic carbocycles. The Morgan fingerprint density at radius 2 is 1.78 bits per heavy atom. The van der Waals surface area contributed by atoms with Crippen LogP contribution in [0.1, 0.15) is 11.1 Å². The standard InChI is InChI=1S/C8H9S/c1-7-2-4-8(6-9)5-3-7/h2-6,9H,1H3. The first-order valence-electron chi connectivity index (χ1n) is 2.87. The van der Waals surface area contributed by atoms with E-state index in [9.17, 15) is 0 Å². The minimum atomic E-state index is 1.16. The quantitative estimate of drug-likeness (QED) is 0.565. The number of benzene rings is 1. The molecular formula is C8H9S. The van der Waals surface area contributed by atoms with E-state index in [0.29, 0.717) is 0 Å². The fourth-order valence-electron chi connectivity index (χ4n) is 0.653. The van der Waals surface area contributed by atoms with Gasteiger partial charge in [0.25, 0.3) is 0 Å². The lowest BCUT2D eigenvalue weighted by atomic mass is 10.2. The van der Waals surface area contributed by atoms with Crippen LogP contribution in [0.2, 0.25) is 0 Å². The summed E-state index contributed by atoms with van der Waals surface area (Å²) in [6.45, 7) is 2.07. The zero-order chi connectivity index (χ0) is 6.69. The van der Waals surface area contributed by atoms with E-state index in [1.54, 1.807) is 5.75 Å². The number of hydrogen-bond acceptors (Lipinski definition) is 1. The average Bonchev–Trinajstić information content (AvgIpc) is 1.90. The maximum Gasteiger partial charge on any atom is 0.0424 e. The molecule has 0 unspecified atom stereocenters. The molecule has 0 aliphatic rings. The summed E-state index contributed by atoms with van der Waals surface area (Å²) >= 11 is 4.02. The van der Waals surface area contributed by atoms with Crippen molar-refractivity contribution in [1.29, 1.82) is 0 Å². The Morgan fingerprint density at radius 1 is 1.22 bits per heavy atom. The first-order valence-corrected chi connectivity index (χ1v) is 3.38. The molecule has 0 saturated heterocycles. The smallest absolute Gasteiger partial charge is 0.0424 e. The molecule has 0 aromatic heterocycles. The third kappa shape index (κ3) is 1.75.